The average Bonchev–Trinajstić information content (AvgIpc) is 1.59. The van der Waals surface area contributed by atoms with Crippen molar-refractivity contribution in [3.63, 3.8) is 0 Å². The molecule has 0 atom stereocenters. The molecule has 0 saturated heterocycles. The Morgan fingerprint density at radius 3 is 2.11 bits per heavy atom. The molecule has 0 heterocycles. The van der Waals surface area contributed by atoms with Crippen molar-refractivity contribution in [2.24, 2.45) is 0 Å². The zero-order valence-electron chi connectivity index (χ0n) is 4.37. The molecular formula is C3H5ClO4S. The van der Waals surface area contributed by atoms with E-state index in [1.165, 1.54) is 0 Å². The summed E-state index contributed by atoms with van der Waals surface area (Å²) in [4.78, 5) is 9.72. The molecule has 0 radical (unpaired) electrons. The van der Waals surface area contributed by atoms with Crippen LogP contribution in [0.15, 0.2) is 0 Å². The molecule has 0 amide bonds. The minimum atomic E-state index is -3.63. The summed E-state index contributed by atoms with van der Waals surface area (Å²) in [6, 6.07) is 0. The molecule has 4 nitrogen and oxygen atoms in total. The van der Waals surface area contributed by atoms with Crippen molar-refractivity contribution in [1.29, 1.82) is 0 Å². The molecule has 0 rings (SSSR count). The van der Waals surface area contributed by atoms with E-state index in [0.717, 1.165) is 0 Å². The largest absolute Gasteiger partial charge is 0.481 e. The van der Waals surface area contributed by atoms with Crippen LogP contribution in [0.2, 0.25) is 0 Å². The third-order valence-electron chi connectivity index (χ3n) is 0.560. The van der Waals surface area contributed by atoms with Gasteiger partial charge in [-0.15, -0.1) is 0 Å². The van der Waals surface area contributed by atoms with Gasteiger partial charge in [0.2, 0.25) is 9.05 Å². The van der Waals surface area contributed by atoms with Gasteiger partial charge in [-0.3, -0.25) is 4.79 Å². The summed E-state index contributed by atoms with van der Waals surface area (Å²) in [5.74, 6) is -1.68. The molecule has 0 aromatic rings. The molecule has 9 heavy (non-hydrogen) atoms. The van der Waals surface area contributed by atoms with Crippen molar-refractivity contribution in [2.75, 3.05) is 5.75 Å². The van der Waals surface area contributed by atoms with Crippen LogP contribution < -0.4 is 0 Å². The third kappa shape index (κ3) is 7.71. The van der Waals surface area contributed by atoms with E-state index in [0.29, 0.717) is 0 Å². The summed E-state index contributed by atoms with van der Waals surface area (Å²) >= 11 is 0. The van der Waals surface area contributed by atoms with Gasteiger partial charge in [-0.05, 0) is 0 Å². The first-order valence-corrected chi connectivity index (χ1v) is 4.54. The van der Waals surface area contributed by atoms with Crippen LogP contribution >= 0.6 is 10.7 Å². The van der Waals surface area contributed by atoms with E-state index in [-0.39, 0.29) is 0 Å². The zero-order chi connectivity index (χ0) is 7.49. The summed E-state index contributed by atoms with van der Waals surface area (Å²) in [5.41, 5.74) is 0. The zero-order valence-corrected chi connectivity index (χ0v) is 5.94. The molecule has 6 heteroatoms. The number of hydrogen-bond acceptors (Lipinski definition) is 3. The number of carboxylic acid groups (broad SMARTS) is 1. The van der Waals surface area contributed by atoms with Gasteiger partial charge < -0.3 is 5.11 Å². The van der Waals surface area contributed by atoms with Gasteiger partial charge in [0, 0.05) is 10.7 Å². The standard InChI is InChI=1S/C3H5ClO4S/c4-9(7,8)2-1-3(5)6/h1-2H2,(H,5,6). The van der Waals surface area contributed by atoms with Crippen LogP contribution in [0.3, 0.4) is 0 Å². The fourth-order valence-electron chi connectivity index (χ4n) is 0.209. The maximum absolute atomic E-state index is 10.0. The predicted molar refractivity (Wildman–Crippen MR) is 31.9 cm³/mol. The molecule has 0 aliphatic carbocycles. The lowest BCUT2D eigenvalue weighted by Gasteiger charge is -1.88. The lowest BCUT2D eigenvalue weighted by molar-refractivity contribution is -0.136. The first kappa shape index (κ1) is 8.71. The number of halogens is 1. The lowest BCUT2D eigenvalue weighted by Crippen LogP contribution is -2.04. The third-order valence-corrected chi connectivity index (χ3v) is 1.71. The van der Waals surface area contributed by atoms with Gasteiger partial charge in [0.15, 0.2) is 0 Å². The number of hydrogen-bond donors (Lipinski definition) is 1. The predicted octanol–water partition coefficient (Wildman–Crippen LogP) is 0.0297. The molecule has 0 saturated carbocycles. The molecule has 0 spiro atoms. The van der Waals surface area contributed by atoms with Gasteiger partial charge in [-0.25, -0.2) is 8.42 Å². The van der Waals surface area contributed by atoms with Crippen molar-refractivity contribution >= 4 is 25.7 Å². The van der Waals surface area contributed by atoms with Gasteiger partial charge in [-0.2, -0.15) is 0 Å². The summed E-state index contributed by atoms with van der Waals surface area (Å²) in [7, 11) is 1.06. The fourth-order valence-corrected chi connectivity index (χ4v) is 0.859. The maximum atomic E-state index is 10.0. The lowest BCUT2D eigenvalue weighted by atomic mass is 10.5. The van der Waals surface area contributed by atoms with E-state index in [2.05, 4.69) is 10.7 Å². The van der Waals surface area contributed by atoms with Gasteiger partial charge in [0.25, 0.3) is 0 Å². The smallest absolute Gasteiger partial charge is 0.304 e. The summed E-state index contributed by atoms with van der Waals surface area (Å²) in [6.45, 7) is 0. The highest BCUT2D eigenvalue weighted by Gasteiger charge is 2.07. The van der Waals surface area contributed by atoms with Crippen LogP contribution in [0.25, 0.3) is 0 Å². The Bertz CT molecular complexity index is 194. The second-order valence-electron chi connectivity index (χ2n) is 1.39. The van der Waals surface area contributed by atoms with Crippen molar-refractivity contribution in [3.8, 4) is 0 Å². The summed E-state index contributed by atoms with van der Waals surface area (Å²) in [6.07, 6.45) is -0.439. The molecule has 0 aliphatic heterocycles. The molecule has 0 aromatic carbocycles. The second kappa shape index (κ2) is 3.03. The Kier molecular flexibility index (Phi) is 2.93. The summed E-state index contributed by atoms with van der Waals surface area (Å²) < 4.78 is 20.1. The van der Waals surface area contributed by atoms with Crippen molar-refractivity contribution in [3.05, 3.63) is 0 Å². The van der Waals surface area contributed by atoms with Crippen molar-refractivity contribution < 1.29 is 18.3 Å². The molecular weight excluding hydrogens is 168 g/mol. The Hall–Kier alpha value is -0.290. The topological polar surface area (TPSA) is 71.4 Å². The van der Waals surface area contributed by atoms with Crippen LogP contribution in [-0.2, 0) is 13.8 Å². The van der Waals surface area contributed by atoms with Gasteiger partial charge >= 0.3 is 5.97 Å². The Morgan fingerprint density at radius 1 is 1.56 bits per heavy atom. The van der Waals surface area contributed by atoms with Gasteiger partial charge in [-0.1, -0.05) is 0 Å². The highest BCUT2D eigenvalue weighted by molar-refractivity contribution is 8.13. The molecule has 54 valence electrons. The van der Waals surface area contributed by atoms with E-state index < -0.39 is 27.2 Å². The fraction of sp³-hybridized carbons (Fsp3) is 0.667. The molecule has 0 aromatic heterocycles. The van der Waals surface area contributed by atoms with Gasteiger partial charge in [0.1, 0.15) is 0 Å². The average molecular weight is 173 g/mol. The monoisotopic (exact) mass is 172 g/mol. The Morgan fingerprint density at radius 2 is 2.00 bits per heavy atom. The second-order valence-corrected chi connectivity index (χ2v) is 4.28. The van der Waals surface area contributed by atoms with E-state index >= 15 is 0 Å². The number of carboxylic acids is 1. The number of aliphatic carboxylic acids is 1. The van der Waals surface area contributed by atoms with E-state index in [1.807, 2.05) is 0 Å². The highest BCUT2D eigenvalue weighted by Crippen LogP contribution is 1.97. The normalized spacial score (nSPS) is 11.2. The first-order valence-electron chi connectivity index (χ1n) is 2.06. The summed E-state index contributed by atoms with van der Waals surface area (Å²) in [5, 5.41) is 7.95. The van der Waals surface area contributed by atoms with Crippen molar-refractivity contribution in [1.82, 2.24) is 0 Å². The van der Waals surface area contributed by atoms with E-state index in [9.17, 15) is 13.2 Å². The molecule has 0 aliphatic rings. The minimum absolute atomic E-state index is 0.439. The molecule has 0 unspecified atom stereocenters. The SMILES string of the molecule is O=C(O)CCS(=O)(=O)Cl. The van der Waals surface area contributed by atoms with E-state index in [1.54, 1.807) is 0 Å². The van der Waals surface area contributed by atoms with Crippen LogP contribution in [0.4, 0.5) is 0 Å². The molecule has 1 N–H and O–H groups in total. The Labute approximate surface area is 56.9 Å². The van der Waals surface area contributed by atoms with Crippen molar-refractivity contribution in [2.45, 2.75) is 6.42 Å². The molecule has 0 fully saturated rings. The van der Waals surface area contributed by atoms with Crippen LogP contribution in [0.5, 0.6) is 0 Å². The minimum Gasteiger partial charge on any atom is -0.481 e. The number of carbonyl (C=O) groups is 1. The Balaban J connectivity index is 3.67. The van der Waals surface area contributed by atoms with E-state index in [4.69, 9.17) is 5.11 Å². The molecule has 0 bridgehead atoms. The quantitative estimate of drug-likeness (QED) is 0.610. The van der Waals surface area contributed by atoms with Crippen LogP contribution in [0, 0.1) is 0 Å². The van der Waals surface area contributed by atoms with Crippen LogP contribution in [0.1, 0.15) is 6.42 Å². The van der Waals surface area contributed by atoms with Crippen LogP contribution in [-0.4, -0.2) is 25.2 Å². The maximum Gasteiger partial charge on any atom is 0.304 e. The first-order chi connectivity index (χ1) is 3.92. The van der Waals surface area contributed by atoms with Gasteiger partial charge in [0.05, 0.1) is 12.2 Å². The number of rotatable bonds is 3. The highest BCUT2D eigenvalue weighted by atomic mass is 35.7.